The van der Waals surface area contributed by atoms with Gasteiger partial charge in [0.25, 0.3) is 0 Å². The van der Waals surface area contributed by atoms with Crippen molar-refractivity contribution in [1.29, 1.82) is 0 Å². The summed E-state index contributed by atoms with van der Waals surface area (Å²) < 4.78 is 2.20. The first kappa shape index (κ1) is 12.6. The van der Waals surface area contributed by atoms with Gasteiger partial charge in [0.15, 0.2) is 0 Å². The van der Waals surface area contributed by atoms with E-state index in [9.17, 15) is 0 Å². The first-order valence-corrected chi connectivity index (χ1v) is 6.88. The minimum atomic E-state index is 0.544. The van der Waals surface area contributed by atoms with Crippen molar-refractivity contribution >= 4 is 0 Å². The van der Waals surface area contributed by atoms with Gasteiger partial charge in [0.05, 0.1) is 0 Å². The van der Waals surface area contributed by atoms with E-state index in [-0.39, 0.29) is 0 Å². The molecule has 0 saturated heterocycles. The highest BCUT2D eigenvalue weighted by Crippen LogP contribution is 2.34. The molecule has 0 aliphatic heterocycles. The van der Waals surface area contributed by atoms with Crippen molar-refractivity contribution in [2.24, 2.45) is 5.41 Å². The number of hydrogen-bond donors (Lipinski definition) is 1. The Labute approximate surface area is 105 Å². The van der Waals surface area contributed by atoms with Crippen LogP contribution >= 0.6 is 0 Å². The van der Waals surface area contributed by atoms with Crippen molar-refractivity contribution in [2.75, 3.05) is 13.1 Å². The summed E-state index contributed by atoms with van der Waals surface area (Å²) in [5.41, 5.74) is 0.544. The number of hydrogen-bond acceptors (Lipinski definition) is 2. The molecular weight excluding hydrogens is 210 g/mol. The summed E-state index contributed by atoms with van der Waals surface area (Å²) >= 11 is 0. The number of aryl methyl sites for hydroxylation is 1. The largest absolute Gasteiger partial charge is 0.334 e. The summed E-state index contributed by atoms with van der Waals surface area (Å²) in [6, 6.07) is 0. The maximum absolute atomic E-state index is 4.23. The molecule has 3 heteroatoms. The molecule has 0 bridgehead atoms. The molecule has 1 aromatic rings. The maximum Gasteiger partial charge on any atom is 0.105 e. The van der Waals surface area contributed by atoms with E-state index < -0.39 is 0 Å². The highest BCUT2D eigenvalue weighted by molar-refractivity contribution is 4.88. The Morgan fingerprint density at radius 2 is 2.12 bits per heavy atom. The lowest BCUT2D eigenvalue weighted by molar-refractivity contribution is 0.207. The standard InChI is InChI=1S/C14H25N3/c1-13-16-9-11-17(13)10-8-15-12-14(2)6-4-3-5-7-14/h9,11,15H,3-8,10,12H2,1-2H3. The van der Waals surface area contributed by atoms with E-state index in [1.807, 2.05) is 6.20 Å². The van der Waals surface area contributed by atoms with Crippen LogP contribution in [0.2, 0.25) is 0 Å². The molecule has 0 radical (unpaired) electrons. The van der Waals surface area contributed by atoms with Crippen LogP contribution in [0.15, 0.2) is 12.4 Å². The first-order chi connectivity index (χ1) is 8.20. The van der Waals surface area contributed by atoms with E-state index in [0.29, 0.717) is 5.41 Å². The third-order valence-electron chi connectivity index (χ3n) is 4.07. The van der Waals surface area contributed by atoms with Crippen LogP contribution in [0.1, 0.15) is 44.9 Å². The highest BCUT2D eigenvalue weighted by Gasteiger charge is 2.25. The van der Waals surface area contributed by atoms with Crippen molar-refractivity contribution in [3.63, 3.8) is 0 Å². The summed E-state index contributed by atoms with van der Waals surface area (Å²) in [7, 11) is 0. The highest BCUT2D eigenvalue weighted by atomic mass is 15.1. The number of nitrogens with one attached hydrogen (secondary N) is 1. The number of imidazole rings is 1. The third kappa shape index (κ3) is 3.56. The van der Waals surface area contributed by atoms with Gasteiger partial charge in [-0.2, -0.15) is 0 Å². The Kier molecular flexibility index (Phi) is 4.21. The average molecular weight is 235 g/mol. The number of rotatable bonds is 5. The monoisotopic (exact) mass is 235 g/mol. The van der Waals surface area contributed by atoms with Crippen LogP contribution < -0.4 is 5.32 Å². The fourth-order valence-electron chi connectivity index (χ4n) is 2.81. The van der Waals surface area contributed by atoms with E-state index in [1.54, 1.807) is 0 Å². The molecule has 1 saturated carbocycles. The summed E-state index contributed by atoms with van der Waals surface area (Å²) in [6.45, 7) is 7.74. The molecular formula is C14H25N3. The number of nitrogens with zero attached hydrogens (tertiary/aromatic N) is 2. The topological polar surface area (TPSA) is 29.9 Å². The molecule has 0 atom stereocenters. The SMILES string of the molecule is Cc1nccn1CCNCC1(C)CCCCC1. The minimum Gasteiger partial charge on any atom is -0.334 e. The summed E-state index contributed by atoms with van der Waals surface area (Å²) in [6.07, 6.45) is 11.0. The van der Waals surface area contributed by atoms with Crippen LogP contribution in [0.25, 0.3) is 0 Å². The number of aromatic nitrogens is 2. The zero-order chi connectivity index (χ0) is 12.1. The third-order valence-corrected chi connectivity index (χ3v) is 4.07. The smallest absolute Gasteiger partial charge is 0.105 e. The van der Waals surface area contributed by atoms with Crippen molar-refractivity contribution in [2.45, 2.75) is 52.5 Å². The molecule has 1 aliphatic rings. The second-order valence-electron chi connectivity index (χ2n) is 5.72. The molecule has 0 spiro atoms. The van der Waals surface area contributed by atoms with E-state index >= 15 is 0 Å². The zero-order valence-electron chi connectivity index (χ0n) is 11.2. The van der Waals surface area contributed by atoms with Gasteiger partial charge in [-0.05, 0) is 25.2 Å². The van der Waals surface area contributed by atoms with Crippen molar-refractivity contribution < 1.29 is 0 Å². The summed E-state index contributed by atoms with van der Waals surface area (Å²) in [4.78, 5) is 4.23. The Balaban J connectivity index is 1.67. The van der Waals surface area contributed by atoms with Crippen molar-refractivity contribution in [3.05, 3.63) is 18.2 Å². The van der Waals surface area contributed by atoms with Crippen LogP contribution in [0.3, 0.4) is 0 Å². The molecule has 1 heterocycles. The second-order valence-corrected chi connectivity index (χ2v) is 5.72. The molecule has 0 aromatic carbocycles. The predicted molar refractivity (Wildman–Crippen MR) is 71.0 cm³/mol. The van der Waals surface area contributed by atoms with Gasteiger partial charge in [-0.25, -0.2) is 4.98 Å². The Hall–Kier alpha value is -0.830. The lowest BCUT2D eigenvalue weighted by Gasteiger charge is -2.33. The lowest BCUT2D eigenvalue weighted by atomic mass is 9.76. The molecule has 1 fully saturated rings. The van der Waals surface area contributed by atoms with E-state index in [1.165, 1.54) is 38.6 Å². The molecule has 0 unspecified atom stereocenters. The average Bonchev–Trinajstić information content (AvgIpc) is 2.72. The van der Waals surface area contributed by atoms with Gasteiger partial charge in [-0.3, -0.25) is 0 Å². The van der Waals surface area contributed by atoms with E-state index in [0.717, 1.165) is 18.9 Å². The molecule has 17 heavy (non-hydrogen) atoms. The quantitative estimate of drug-likeness (QED) is 0.795. The molecule has 3 nitrogen and oxygen atoms in total. The van der Waals surface area contributed by atoms with Crippen molar-refractivity contribution in [3.8, 4) is 0 Å². The van der Waals surface area contributed by atoms with Gasteiger partial charge in [0, 0.05) is 32.0 Å². The normalized spacial score (nSPS) is 19.4. The fraction of sp³-hybridized carbons (Fsp3) is 0.786. The van der Waals surface area contributed by atoms with Crippen molar-refractivity contribution in [1.82, 2.24) is 14.9 Å². The second kappa shape index (κ2) is 5.67. The van der Waals surface area contributed by atoms with Gasteiger partial charge in [0.2, 0.25) is 0 Å². The first-order valence-electron chi connectivity index (χ1n) is 6.88. The molecule has 96 valence electrons. The molecule has 1 aromatic heterocycles. The maximum atomic E-state index is 4.23. The summed E-state index contributed by atoms with van der Waals surface area (Å²) in [5.74, 6) is 1.11. The lowest BCUT2D eigenvalue weighted by Crippen LogP contribution is -2.35. The van der Waals surface area contributed by atoms with Crippen LogP contribution in [0.4, 0.5) is 0 Å². The van der Waals surface area contributed by atoms with Gasteiger partial charge in [-0.15, -0.1) is 0 Å². The zero-order valence-corrected chi connectivity index (χ0v) is 11.2. The van der Waals surface area contributed by atoms with Crippen LogP contribution in [-0.4, -0.2) is 22.6 Å². The minimum absolute atomic E-state index is 0.544. The van der Waals surface area contributed by atoms with Crippen LogP contribution in [0, 0.1) is 12.3 Å². The Bertz CT molecular complexity index is 337. The van der Waals surface area contributed by atoms with Gasteiger partial charge < -0.3 is 9.88 Å². The fourth-order valence-corrected chi connectivity index (χ4v) is 2.81. The molecule has 1 aliphatic carbocycles. The van der Waals surface area contributed by atoms with E-state index in [4.69, 9.17) is 0 Å². The Morgan fingerprint density at radius 1 is 1.35 bits per heavy atom. The van der Waals surface area contributed by atoms with Gasteiger partial charge in [0.1, 0.15) is 5.82 Å². The predicted octanol–water partition coefficient (Wildman–Crippen LogP) is 2.75. The molecule has 1 N–H and O–H groups in total. The van der Waals surface area contributed by atoms with Gasteiger partial charge >= 0.3 is 0 Å². The molecule has 2 rings (SSSR count). The Morgan fingerprint density at radius 3 is 2.76 bits per heavy atom. The van der Waals surface area contributed by atoms with Crippen LogP contribution in [-0.2, 0) is 6.54 Å². The molecule has 0 amide bonds. The van der Waals surface area contributed by atoms with Crippen LogP contribution in [0.5, 0.6) is 0 Å². The summed E-state index contributed by atoms with van der Waals surface area (Å²) in [5, 5.41) is 3.61. The van der Waals surface area contributed by atoms with E-state index in [2.05, 4.69) is 34.9 Å². The van der Waals surface area contributed by atoms with Gasteiger partial charge in [-0.1, -0.05) is 26.2 Å².